The van der Waals surface area contributed by atoms with Gasteiger partial charge in [0.05, 0.1) is 12.0 Å². The number of allylic oxidation sites excluding steroid dienone is 2. The summed E-state index contributed by atoms with van der Waals surface area (Å²) >= 11 is 1.58. The van der Waals surface area contributed by atoms with Crippen LogP contribution >= 0.6 is 11.3 Å². The summed E-state index contributed by atoms with van der Waals surface area (Å²) < 4.78 is 11.3. The van der Waals surface area contributed by atoms with Gasteiger partial charge in [-0.25, -0.2) is 0 Å². The zero-order valence-corrected chi connectivity index (χ0v) is 13.5. The number of carbonyl (C=O) groups excluding carboxylic acids is 2. The first-order chi connectivity index (χ1) is 11.1. The number of hydrogen-bond donors (Lipinski definition) is 0. The van der Waals surface area contributed by atoms with Crippen molar-refractivity contribution in [2.75, 3.05) is 0 Å². The molecule has 23 heavy (non-hydrogen) atoms. The number of benzene rings is 1. The third-order valence-corrected chi connectivity index (χ3v) is 4.86. The maximum atomic E-state index is 12.5. The molecule has 0 radical (unpaired) electrons. The highest BCUT2D eigenvalue weighted by molar-refractivity contribution is 7.08. The van der Waals surface area contributed by atoms with Gasteiger partial charge < -0.3 is 9.47 Å². The summed E-state index contributed by atoms with van der Waals surface area (Å²) in [6, 6.07) is 5.37. The topological polar surface area (TPSA) is 52.6 Å². The van der Waals surface area contributed by atoms with E-state index in [4.69, 9.17) is 9.47 Å². The van der Waals surface area contributed by atoms with Crippen LogP contribution in [0.4, 0.5) is 0 Å². The molecule has 2 aromatic rings. The third-order valence-electron chi connectivity index (χ3n) is 4.15. The second-order valence-electron chi connectivity index (χ2n) is 5.90. The molecule has 2 aliphatic rings. The van der Waals surface area contributed by atoms with E-state index in [9.17, 15) is 9.59 Å². The number of thiophene rings is 1. The summed E-state index contributed by atoms with van der Waals surface area (Å²) in [7, 11) is 0. The highest BCUT2D eigenvalue weighted by atomic mass is 32.1. The van der Waals surface area contributed by atoms with Gasteiger partial charge in [-0.1, -0.05) is 0 Å². The van der Waals surface area contributed by atoms with E-state index in [0.717, 1.165) is 16.7 Å². The van der Waals surface area contributed by atoms with Gasteiger partial charge in [0, 0.05) is 11.5 Å². The lowest BCUT2D eigenvalue weighted by Gasteiger charge is -2.25. The van der Waals surface area contributed by atoms with Crippen molar-refractivity contribution < 1.29 is 19.1 Å². The van der Waals surface area contributed by atoms with Crippen LogP contribution in [0.5, 0.6) is 11.5 Å². The molecular weight excluding hydrogens is 312 g/mol. The van der Waals surface area contributed by atoms with Gasteiger partial charge in [0.15, 0.2) is 5.76 Å². The zero-order valence-electron chi connectivity index (χ0n) is 12.7. The normalized spacial score (nSPS) is 19.0. The van der Waals surface area contributed by atoms with Crippen molar-refractivity contribution >= 4 is 23.1 Å². The van der Waals surface area contributed by atoms with E-state index in [0.29, 0.717) is 22.8 Å². The van der Waals surface area contributed by atoms with Crippen molar-refractivity contribution in [3.05, 3.63) is 57.0 Å². The lowest BCUT2D eigenvalue weighted by molar-refractivity contribution is -0.135. The monoisotopic (exact) mass is 326 g/mol. The molecule has 0 saturated heterocycles. The summed E-state index contributed by atoms with van der Waals surface area (Å²) in [5, 5.41) is 4.00. The Balaban J connectivity index is 1.94. The van der Waals surface area contributed by atoms with Gasteiger partial charge in [0.2, 0.25) is 5.78 Å². The van der Waals surface area contributed by atoms with Gasteiger partial charge in [0.25, 0.3) is 0 Å². The van der Waals surface area contributed by atoms with Gasteiger partial charge in [-0.15, -0.1) is 0 Å². The van der Waals surface area contributed by atoms with Crippen LogP contribution in [0.25, 0.3) is 0 Å². The van der Waals surface area contributed by atoms with Crippen LogP contribution in [0.3, 0.4) is 0 Å². The van der Waals surface area contributed by atoms with Crippen molar-refractivity contribution in [2.24, 2.45) is 0 Å². The Kier molecular flexibility index (Phi) is 3.13. The van der Waals surface area contributed by atoms with Crippen molar-refractivity contribution in [1.29, 1.82) is 0 Å². The molecule has 1 aromatic heterocycles. The Morgan fingerprint density at radius 1 is 1.17 bits per heavy atom. The number of ether oxygens (including phenoxy) is 2. The highest BCUT2D eigenvalue weighted by Gasteiger charge is 2.38. The molecule has 3 heterocycles. The number of carbonyl (C=O) groups is 2. The fraction of sp³-hybridized carbons (Fsp3) is 0.222. The molecular formula is C18H14O4S. The van der Waals surface area contributed by atoms with Crippen molar-refractivity contribution in [2.45, 2.75) is 26.2 Å². The molecule has 0 fully saturated rings. The molecule has 5 heteroatoms. The van der Waals surface area contributed by atoms with Crippen LogP contribution in [0.15, 0.2) is 40.3 Å². The predicted octanol–water partition coefficient (Wildman–Crippen LogP) is 4.06. The number of ketones is 1. The summed E-state index contributed by atoms with van der Waals surface area (Å²) in [5.74, 6) is 0.877. The first kappa shape index (κ1) is 14.2. The second-order valence-corrected chi connectivity index (χ2v) is 6.68. The number of esters is 1. The average molecular weight is 326 g/mol. The van der Waals surface area contributed by atoms with Crippen LogP contribution in [0.1, 0.15) is 47.7 Å². The van der Waals surface area contributed by atoms with Gasteiger partial charge in [-0.3, -0.25) is 9.59 Å². The fourth-order valence-electron chi connectivity index (χ4n) is 3.08. The minimum Gasteiger partial charge on any atom is -0.452 e. The first-order valence-electron chi connectivity index (χ1n) is 7.36. The fourth-order valence-corrected chi connectivity index (χ4v) is 3.79. The Morgan fingerprint density at radius 2 is 2.00 bits per heavy atom. The van der Waals surface area contributed by atoms with Gasteiger partial charge in [-0.05, 0) is 53.9 Å². The molecule has 0 amide bonds. The third kappa shape index (κ3) is 2.11. The quantitative estimate of drug-likeness (QED) is 0.450. The number of hydrogen-bond acceptors (Lipinski definition) is 5. The maximum Gasteiger partial charge on any atom is 0.312 e. The van der Waals surface area contributed by atoms with Crippen molar-refractivity contribution in [1.82, 2.24) is 0 Å². The van der Waals surface area contributed by atoms with E-state index in [1.165, 1.54) is 0 Å². The number of fused-ring (bicyclic) bond motifs is 3. The van der Waals surface area contributed by atoms with Crippen molar-refractivity contribution in [3.8, 4) is 11.5 Å². The molecule has 2 aliphatic heterocycles. The molecule has 0 aliphatic carbocycles. The van der Waals surface area contributed by atoms with Crippen LogP contribution in [0.2, 0.25) is 0 Å². The van der Waals surface area contributed by atoms with Gasteiger partial charge in [0.1, 0.15) is 11.5 Å². The molecule has 4 rings (SSSR count). The van der Waals surface area contributed by atoms with E-state index in [-0.39, 0.29) is 24.1 Å². The van der Waals surface area contributed by atoms with E-state index in [1.54, 1.807) is 23.5 Å². The SMILES string of the molecule is CC(C)=C1Oc2c(ccc3c2[C@@H](c2ccsc2)CC(=O)O3)C1=O. The first-order valence-corrected chi connectivity index (χ1v) is 8.30. The molecule has 0 N–H and O–H groups in total. The number of Topliss-reactive ketones (excluding diaryl/α,β-unsaturated/α-hetero) is 1. The smallest absolute Gasteiger partial charge is 0.312 e. The van der Waals surface area contributed by atoms with Gasteiger partial charge >= 0.3 is 5.97 Å². The summed E-state index contributed by atoms with van der Waals surface area (Å²) in [6.07, 6.45) is 0.252. The predicted molar refractivity (Wildman–Crippen MR) is 86.2 cm³/mol. The summed E-state index contributed by atoms with van der Waals surface area (Å²) in [5.41, 5.74) is 3.21. The van der Waals surface area contributed by atoms with Crippen LogP contribution in [-0.4, -0.2) is 11.8 Å². The van der Waals surface area contributed by atoms with Crippen LogP contribution in [-0.2, 0) is 4.79 Å². The van der Waals surface area contributed by atoms with E-state index in [1.807, 2.05) is 30.7 Å². The molecule has 1 aromatic carbocycles. The van der Waals surface area contributed by atoms with E-state index in [2.05, 4.69) is 0 Å². The molecule has 0 spiro atoms. The lowest BCUT2D eigenvalue weighted by atomic mass is 9.86. The molecule has 0 saturated carbocycles. The van der Waals surface area contributed by atoms with E-state index < -0.39 is 0 Å². The van der Waals surface area contributed by atoms with Crippen LogP contribution in [0, 0.1) is 0 Å². The second kappa shape index (κ2) is 5.06. The van der Waals surface area contributed by atoms with E-state index >= 15 is 0 Å². The summed E-state index contributed by atoms with van der Waals surface area (Å²) in [4.78, 5) is 24.4. The summed E-state index contributed by atoms with van der Waals surface area (Å²) in [6.45, 7) is 3.70. The minimum absolute atomic E-state index is 0.108. The molecule has 0 unspecified atom stereocenters. The Hall–Kier alpha value is -2.40. The Labute approximate surface area is 137 Å². The Morgan fingerprint density at radius 3 is 2.70 bits per heavy atom. The molecule has 1 atom stereocenters. The van der Waals surface area contributed by atoms with Gasteiger partial charge in [-0.2, -0.15) is 11.3 Å². The number of rotatable bonds is 1. The molecule has 0 bridgehead atoms. The standard InChI is InChI=1S/C18H14O4S/c1-9(2)17-16(20)11-3-4-13-15(18(11)22-17)12(7-14(19)21-13)10-5-6-23-8-10/h3-6,8,12H,7H2,1-2H3/t12-/m1/s1. The molecule has 116 valence electrons. The minimum atomic E-state index is -0.264. The Bertz CT molecular complexity index is 857. The van der Waals surface area contributed by atoms with Crippen LogP contribution < -0.4 is 9.47 Å². The maximum absolute atomic E-state index is 12.5. The highest BCUT2D eigenvalue weighted by Crippen LogP contribution is 2.49. The zero-order chi connectivity index (χ0) is 16.1. The average Bonchev–Trinajstić information content (AvgIpc) is 3.14. The lowest BCUT2D eigenvalue weighted by Crippen LogP contribution is -2.21. The molecule has 4 nitrogen and oxygen atoms in total. The van der Waals surface area contributed by atoms with Crippen molar-refractivity contribution in [3.63, 3.8) is 0 Å². The largest absolute Gasteiger partial charge is 0.452 e.